The fourth-order valence-electron chi connectivity index (χ4n) is 2.43. The second-order valence-electron chi connectivity index (χ2n) is 4.53. The van der Waals surface area contributed by atoms with Crippen molar-refractivity contribution in [3.8, 4) is 0 Å². The normalized spacial score (nSPS) is 15.9. The van der Waals surface area contributed by atoms with E-state index in [1.54, 1.807) is 12.4 Å². The molecule has 1 fully saturated rings. The van der Waals surface area contributed by atoms with Gasteiger partial charge in [0.05, 0.1) is 5.56 Å². The van der Waals surface area contributed by atoms with E-state index in [-0.39, 0.29) is 5.91 Å². The molecule has 0 aromatic carbocycles. The van der Waals surface area contributed by atoms with Gasteiger partial charge in [0, 0.05) is 38.2 Å². The molecule has 0 spiro atoms. The summed E-state index contributed by atoms with van der Waals surface area (Å²) in [6, 6.07) is 2.22. The van der Waals surface area contributed by atoms with Gasteiger partial charge in [0.1, 0.15) is 0 Å². The van der Waals surface area contributed by atoms with Gasteiger partial charge < -0.3 is 10.2 Å². The Labute approximate surface area is 102 Å². The van der Waals surface area contributed by atoms with Gasteiger partial charge in [0.2, 0.25) is 0 Å². The summed E-state index contributed by atoms with van der Waals surface area (Å²) in [6.07, 6.45) is 8.04. The molecule has 1 aromatic rings. The molecule has 1 N–H and O–H groups in total. The fourth-order valence-corrected chi connectivity index (χ4v) is 2.43. The Bertz CT molecular complexity index is 399. The van der Waals surface area contributed by atoms with Crippen molar-refractivity contribution in [2.45, 2.75) is 31.7 Å². The minimum atomic E-state index is 0.0642. The van der Waals surface area contributed by atoms with Crippen LogP contribution in [0.25, 0.3) is 0 Å². The second kappa shape index (κ2) is 5.17. The summed E-state index contributed by atoms with van der Waals surface area (Å²) >= 11 is 0. The van der Waals surface area contributed by atoms with Gasteiger partial charge in [0.25, 0.3) is 5.91 Å². The molecule has 0 radical (unpaired) electrons. The number of amides is 1. The van der Waals surface area contributed by atoms with Gasteiger partial charge in [-0.2, -0.15) is 0 Å². The minimum absolute atomic E-state index is 0.0642. The summed E-state index contributed by atoms with van der Waals surface area (Å²) < 4.78 is 0. The summed E-state index contributed by atoms with van der Waals surface area (Å²) in [7, 11) is 3.71. The molecule has 1 aliphatic rings. The van der Waals surface area contributed by atoms with Crippen LogP contribution in [-0.4, -0.2) is 35.9 Å². The van der Waals surface area contributed by atoms with Crippen LogP contribution in [0.5, 0.6) is 0 Å². The molecule has 0 unspecified atom stereocenters. The Morgan fingerprint density at radius 3 is 2.82 bits per heavy atom. The molecule has 1 saturated carbocycles. The number of nitrogens with zero attached hydrogens (tertiary/aromatic N) is 2. The maximum Gasteiger partial charge on any atom is 0.257 e. The number of pyridine rings is 1. The van der Waals surface area contributed by atoms with E-state index in [4.69, 9.17) is 0 Å². The Morgan fingerprint density at radius 1 is 1.47 bits per heavy atom. The standard InChI is InChI=1S/C13H19N3O/c1-14-12-7-8-15-9-11(12)13(17)16(2)10-5-3-4-6-10/h7-10H,3-6H2,1-2H3,(H,14,15). The third-order valence-corrected chi connectivity index (χ3v) is 3.51. The third-order valence-electron chi connectivity index (χ3n) is 3.51. The van der Waals surface area contributed by atoms with Crippen molar-refractivity contribution in [1.82, 2.24) is 9.88 Å². The number of rotatable bonds is 3. The quantitative estimate of drug-likeness (QED) is 0.870. The summed E-state index contributed by atoms with van der Waals surface area (Å²) in [6.45, 7) is 0. The van der Waals surface area contributed by atoms with Gasteiger partial charge in [-0.3, -0.25) is 9.78 Å². The van der Waals surface area contributed by atoms with Gasteiger partial charge in [-0.1, -0.05) is 12.8 Å². The second-order valence-corrected chi connectivity index (χ2v) is 4.53. The molecule has 17 heavy (non-hydrogen) atoms. The highest BCUT2D eigenvalue weighted by atomic mass is 16.2. The minimum Gasteiger partial charge on any atom is -0.387 e. The Hall–Kier alpha value is -1.58. The maximum atomic E-state index is 12.4. The summed E-state index contributed by atoms with van der Waals surface area (Å²) in [5, 5.41) is 3.03. The topological polar surface area (TPSA) is 45.2 Å². The highest BCUT2D eigenvalue weighted by Crippen LogP contribution is 2.25. The first kappa shape index (κ1) is 11.9. The Kier molecular flexibility index (Phi) is 3.61. The van der Waals surface area contributed by atoms with E-state index < -0.39 is 0 Å². The molecule has 0 aliphatic heterocycles. The fraction of sp³-hybridized carbons (Fsp3) is 0.538. The number of anilines is 1. The smallest absolute Gasteiger partial charge is 0.257 e. The first-order valence-electron chi connectivity index (χ1n) is 6.13. The van der Waals surface area contributed by atoms with Crippen molar-refractivity contribution in [2.24, 2.45) is 0 Å². The molecule has 4 nitrogen and oxygen atoms in total. The molecule has 1 aliphatic carbocycles. The van der Waals surface area contributed by atoms with E-state index in [0.29, 0.717) is 11.6 Å². The largest absolute Gasteiger partial charge is 0.387 e. The lowest BCUT2D eigenvalue weighted by Gasteiger charge is -2.25. The number of aromatic nitrogens is 1. The lowest BCUT2D eigenvalue weighted by Crippen LogP contribution is -2.35. The van der Waals surface area contributed by atoms with Crippen LogP contribution in [0.4, 0.5) is 5.69 Å². The zero-order chi connectivity index (χ0) is 12.3. The van der Waals surface area contributed by atoms with Crippen LogP contribution >= 0.6 is 0 Å². The molecule has 1 heterocycles. The van der Waals surface area contributed by atoms with Crippen LogP contribution in [0, 0.1) is 0 Å². The SMILES string of the molecule is CNc1ccncc1C(=O)N(C)C1CCCC1. The van der Waals surface area contributed by atoms with Crippen LogP contribution < -0.4 is 5.32 Å². The molecule has 0 atom stereocenters. The number of hydrogen-bond donors (Lipinski definition) is 1. The first-order chi connectivity index (χ1) is 8.24. The zero-order valence-corrected chi connectivity index (χ0v) is 10.4. The van der Waals surface area contributed by atoms with Crippen molar-refractivity contribution in [1.29, 1.82) is 0 Å². The number of carbonyl (C=O) groups excluding carboxylic acids is 1. The average molecular weight is 233 g/mol. The predicted molar refractivity (Wildman–Crippen MR) is 68.1 cm³/mol. The van der Waals surface area contributed by atoms with Gasteiger partial charge in [-0.25, -0.2) is 0 Å². The van der Waals surface area contributed by atoms with Gasteiger partial charge in [-0.05, 0) is 18.9 Å². The van der Waals surface area contributed by atoms with Gasteiger partial charge in [0.15, 0.2) is 0 Å². The molecule has 0 bridgehead atoms. The average Bonchev–Trinajstić information content (AvgIpc) is 2.90. The Morgan fingerprint density at radius 2 is 2.18 bits per heavy atom. The lowest BCUT2D eigenvalue weighted by atomic mass is 10.1. The summed E-state index contributed by atoms with van der Waals surface area (Å²) in [5.74, 6) is 0.0642. The van der Waals surface area contributed by atoms with Crippen LogP contribution in [0.2, 0.25) is 0 Å². The number of hydrogen-bond acceptors (Lipinski definition) is 3. The molecule has 4 heteroatoms. The van der Waals surface area contributed by atoms with Gasteiger partial charge in [-0.15, -0.1) is 0 Å². The molecule has 1 amide bonds. The molecular weight excluding hydrogens is 214 g/mol. The Balaban J connectivity index is 2.18. The van der Waals surface area contributed by atoms with E-state index in [9.17, 15) is 4.79 Å². The van der Waals surface area contributed by atoms with E-state index in [1.807, 2.05) is 25.1 Å². The van der Waals surface area contributed by atoms with E-state index in [0.717, 1.165) is 18.5 Å². The molecule has 0 saturated heterocycles. The number of nitrogens with one attached hydrogen (secondary N) is 1. The van der Waals surface area contributed by atoms with E-state index >= 15 is 0 Å². The molecule has 1 aromatic heterocycles. The predicted octanol–water partition coefficient (Wildman–Crippen LogP) is 2.14. The number of carbonyl (C=O) groups is 1. The van der Waals surface area contributed by atoms with Crippen LogP contribution in [0.3, 0.4) is 0 Å². The van der Waals surface area contributed by atoms with Crippen LogP contribution in [-0.2, 0) is 0 Å². The van der Waals surface area contributed by atoms with Crippen LogP contribution in [0.1, 0.15) is 36.0 Å². The molecule has 92 valence electrons. The highest BCUT2D eigenvalue weighted by molar-refractivity contribution is 5.99. The molecule has 2 rings (SSSR count). The van der Waals surface area contributed by atoms with Crippen molar-refractivity contribution in [2.75, 3.05) is 19.4 Å². The first-order valence-corrected chi connectivity index (χ1v) is 6.13. The van der Waals surface area contributed by atoms with E-state index in [2.05, 4.69) is 10.3 Å². The third kappa shape index (κ3) is 2.40. The zero-order valence-electron chi connectivity index (χ0n) is 10.4. The summed E-state index contributed by atoms with van der Waals surface area (Å²) in [5.41, 5.74) is 1.50. The lowest BCUT2D eigenvalue weighted by molar-refractivity contribution is 0.0735. The van der Waals surface area contributed by atoms with Crippen LogP contribution in [0.15, 0.2) is 18.5 Å². The summed E-state index contributed by atoms with van der Waals surface area (Å²) in [4.78, 5) is 18.3. The van der Waals surface area contributed by atoms with Crippen molar-refractivity contribution in [3.63, 3.8) is 0 Å². The van der Waals surface area contributed by atoms with Crippen molar-refractivity contribution in [3.05, 3.63) is 24.0 Å². The molecular formula is C13H19N3O. The van der Waals surface area contributed by atoms with Crippen molar-refractivity contribution >= 4 is 11.6 Å². The van der Waals surface area contributed by atoms with E-state index in [1.165, 1.54) is 12.8 Å². The maximum absolute atomic E-state index is 12.4. The van der Waals surface area contributed by atoms with Gasteiger partial charge >= 0.3 is 0 Å². The monoisotopic (exact) mass is 233 g/mol. The highest BCUT2D eigenvalue weighted by Gasteiger charge is 2.25. The van der Waals surface area contributed by atoms with Crippen molar-refractivity contribution < 1.29 is 4.79 Å².